The molecule has 1 aromatic carbocycles. The first kappa shape index (κ1) is 15.5. The number of carbonyl (C=O) groups is 1. The van der Waals surface area contributed by atoms with Crippen molar-refractivity contribution in [2.75, 3.05) is 26.3 Å². The van der Waals surface area contributed by atoms with Crippen LogP contribution in [0, 0.1) is 0 Å². The van der Waals surface area contributed by atoms with E-state index in [1.807, 2.05) is 29.2 Å². The lowest BCUT2D eigenvalue weighted by molar-refractivity contribution is 0.00397. The fourth-order valence-electron chi connectivity index (χ4n) is 2.32. The second-order valence-electron chi connectivity index (χ2n) is 4.95. The molecule has 0 bridgehead atoms. The molecule has 1 N–H and O–H groups in total. The summed E-state index contributed by atoms with van der Waals surface area (Å²) in [6.45, 7) is 2.24. The number of carbonyl (C=O) groups excluding carboxylic acids is 1. The standard InChI is InChI=1S/C15H20BrNO3/c16-13-4-2-12(3-5-13)15(19)17-8-6-14(7-9-17)20-11-1-10-18/h2-5,14,18H,1,6-11H2. The lowest BCUT2D eigenvalue weighted by atomic mass is 10.1. The molecule has 0 atom stereocenters. The highest BCUT2D eigenvalue weighted by molar-refractivity contribution is 9.10. The van der Waals surface area contributed by atoms with Gasteiger partial charge in [-0.2, -0.15) is 0 Å². The monoisotopic (exact) mass is 341 g/mol. The SMILES string of the molecule is O=C(c1ccc(Br)cc1)N1CCC(OCCCO)CC1. The topological polar surface area (TPSA) is 49.8 Å². The molecule has 1 aliphatic rings. The minimum absolute atomic E-state index is 0.0892. The van der Waals surface area contributed by atoms with Gasteiger partial charge in [-0.25, -0.2) is 0 Å². The second kappa shape index (κ2) is 7.76. The third-order valence-electron chi connectivity index (χ3n) is 3.48. The first-order valence-electron chi connectivity index (χ1n) is 6.98. The number of hydrogen-bond acceptors (Lipinski definition) is 3. The minimum atomic E-state index is 0.0892. The van der Waals surface area contributed by atoms with Crippen LogP contribution in [0.1, 0.15) is 29.6 Å². The number of benzene rings is 1. The largest absolute Gasteiger partial charge is 0.396 e. The number of piperidine rings is 1. The van der Waals surface area contributed by atoms with E-state index in [9.17, 15) is 4.79 Å². The number of halogens is 1. The summed E-state index contributed by atoms with van der Waals surface area (Å²) in [5, 5.41) is 8.72. The lowest BCUT2D eigenvalue weighted by Crippen LogP contribution is -2.41. The summed E-state index contributed by atoms with van der Waals surface area (Å²) in [7, 11) is 0. The molecule has 110 valence electrons. The van der Waals surface area contributed by atoms with Crippen LogP contribution >= 0.6 is 15.9 Å². The number of aliphatic hydroxyl groups is 1. The molecular weight excluding hydrogens is 322 g/mol. The number of nitrogens with zero attached hydrogens (tertiary/aromatic N) is 1. The van der Waals surface area contributed by atoms with E-state index in [-0.39, 0.29) is 18.6 Å². The van der Waals surface area contributed by atoms with Crippen LogP contribution in [-0.2, 0) is 4.74 Å². The van der Waals surface area contributed by atoms with Crippen LogP contribution in [-0.4, -0.2) is 48.3 Å². The Morgan fingerprint density at radius 3 is 2.55 bits per heavy atom. The van der Waals surface area contributed by atoms with Gasteiger partial charge in [0.1, 0.15) is 0 Å². The van der Waals surface area contributed by atoms with Crippen molar-refractivity contribution < 1.29 is 14.6 Å². The maximum Gasteiger partial charge on any atom is 0.253 e. The van der Waals surface area contributed by atoms with Crippen molar-refractivity contribution in [3.05, 3.63) is 34.3 Å². The molecule has 0 spiro atoms. The molecule has 5 heteroatoms. The number of rotatable bonds is 5. The Labute approximate surface area is 127 Å². The second-order valence-corrected chi connectivity index (χ2v) is 5.86. The van der Waals surface area contributed by atoms with E-state index < -0.39 is 0 Å². The average Bonchev–Trinajstić information content (AvgIpc) is 2.48. The zero-order valence-corrected chi connectivity index (χ0v) is 13.0. The Balaban J connectivity index is 1.81. The summed E-state index contributed by atoms with van der Waals surface area (Å²) >= 11 is 3.37. The summed E-state index contributed by atoms with van der Waals surface area (Å²) in [5.41, 5.74) is 0.729. The van der Waals surface area contributed by atoms with Crippen molar-refractivity contribution in [3.63, 3.8) is 0 Å². The smallest absolute Gasteiger partial charge is 0.253 e. The van der Waals surface area contributed by atoms with E-state index in [4.69, 9.17) is 9.84 Å². The third kappa shape index (κ3) is 4.30. The molecule has 0 saturated carbocycles. The van der Waals surface area contributed by atoms with Crippen LogP contribution in [0.15, 0.2) is 28.7 Å². The van der Waals surface area contributed by atoms with Crippen LogP contribution in [0.25, 0.3) is 0 Å². The molecule has 1 fully saturated rings. The summed E-state index contributed by atoms with van der Waals surface area (Å²) in [6, 6.07) is 7.46. The molecule has 0 aromatic heterocycles. The molecule has 0 radical (unpaired) electrons. The summed E-state index contributed by atoms with van der Waals surface area (Å²) in [5.74, 6) is 0.0892. The molecular formula is C15H20BrNO3. The van der Waals surface area contributed by atoms with Crippen LogP contribution < -0.4 is 0 Å². The molecule has 1 heterocycles. The van der Waals surface area contributed by atoms with E-state index in [1.54, 1.807) is 0 Å². The van der Waals surface area contributed by atoms with Crippen LogP contribution in [0.5, 0.6) is 0 Å². The normalized spacial score (nSPS) is 16.4. The fraction of sp³-hybridized carbons (Fsp3) is 0.533. The molecule has 1 aromatic rings. The predicted molar refractivity (Wildman–Crippen MR) is 80.7 cm³/mol. The summed E-state index contributed by atoms with van der Waals surface area (Å²) in [6.07, 6.45) is 2.63. The van der Waals surface area contributed by atoms with Crippen LogP contribution in [0.2, 0.25) is 0 Å². The van der Waals surface area contributed by atoms with Crippen molar-refractivity contribution in [1.29, 1.82) is 0 Å². The van der Waals surface area contributed by atoms with Gasteiger partial charge in [-0.1, -0.05) is 15.9 Å². The van der Waals surface area contributed by atoms with Crippen molar-refractivity contribution >= 4 is 21.8 Å². The van der Waals surface area contributed by atoms with Crippen molar-refractivity contribution in [2.45, 2.75) is 25.4 Å². The molecule has 1 aliphatic heterocycles. The van der Waals surface area contributed by atoms with Crippen molar-refractivity contribution in [2.24, 2.45) is 0 Å². The molecule has 2 rings (SSSR count). The quantitative estimate of drug-likeness (QED) is 0.837. The van der Waals surface area contributed by atoms with Crippen LogP contribution in [0.3, 0.4) is 0 Å². The highest BCUT2D eigenvalue weighted by Gasteiger charge is 2.23. The van der Waals surface area contributed by atoms with E-state index in [0.717, 1.165) is 36.0 Å². The van der Waals surface area contributed by atoms with Crippen molar-refractivity contribution in [1.82, 2.24) is 4.90 Å². The Hall–Kier alpha value is -0.910. The van der Waals surface area contributed by atoms with E-state index in [0.29, 0.717) is 13.0 Å². The molecule has 0 aliphatic carbocycles. The predicted octanol–water partition coefficient (Wildman–Crippen LogP) is 2.45. The van der Waals surface area contributed by atoms with E-state index in [1.165, 1.54) is 0 Å². The van der Waals surface area contributed by atoms with Gasteiger partial charge in [0.2, 0.25) is 0 Å². The Morgan fingerprint density at radius 2 is 1.95 bits per heavy atom. The molecule has 4 nitrogen and oxygen atoms in total. The van der Waals surface area contributed by atoms with Gasteiger partial charge in [0, 0.05) is 36.3 Å². The van der Waals surface area contributed by atoms with Gasteiger partial charge in [0.05, 0.1) is 6.10 Å². The number of ether oxygens (including phenoxy) is 1. The van der Waals surface area contributed by atoms with E-state index in [2.05, 4.69) is 15.9 Å². The zero-order chi connectivity index (χ0) is 14.4. The maximum absolute atomic E-state index is 12.3. The minimum Gasteiger partial charge on any atom is -0.396 e. The summed E-state index contributed by atoms with van der Waals surface area (Å²) < 4.78 is 6.65. The Kier molecular flexibility index (Phi) is 6.01. The number of hydrogen-bond donors (Lipinski definition) is 1. The number of aliphatic hydroxyl groups excluding tert-OH is 1. The van der Waals surface area contributed by atoms with Gasteiger partial charge in [-0.15, -0.1) is 0 Å². The number of amides is 1. The van der Waals surface area contributed by atoms with Crippen molar-refractivity contribution in [3.8, 4) is 0 Å². The van der Waals surface area contributed by atoms with Gasteiger partial charge in [0.15, 0.2) is 0 Å². The zero-order valence-electron chi connectivity index (χ0n) is 11.4. The highest BCUT2D eigenvalue weighted by Crippen LogP contribution is 2.18. The van der Waals surface area contributed by atoms with Gasteiger partial charge in [-0.05, 0) is 43.5 Å². The van der Waals surface area contributed by atoms with Crippen LogP contribution in [0.4, 0.5) is 0 Å². The third-order valence-corrected chi connectivity index (χ3v) is 4.01. The Morgan fingerprint density at radius 1 is 1.30 bits per heavy atom. The van der Waals surface area contributed by atoms with Gasteiger partial charge < -0.3 is 14.7 Å². The van der Waals surface area contributed by atoms with Gasteiger partial charge >= 0.3 is 0 Å². The molecule has 1 amide bonds. The Bertz CT molecular complexity index is 427. The number of likely N-dealkylation sites (tertiary alicyclic amines) is 1. The molecule has 20 heavy (non-hydrogen) atoms. The molecule has 0 unspecified atom stereocenters. The van der Waals surface area contributed by atoms with Gasteiger partial charge in [-0.3, -0.25) is 4.79 Å². The van der Waals surface area contributed by atoms with Gasteiger partial charge in [0.25, 0.3) is 5.91 Å². The van der Waals surface area contributed by atoms with E-state index >= 15 is 0 Å². The average molecular weight is 342 g/mol. The maximum atomic E-state index is 12.3. The summed E-state index contributed by atoms with van der Waals surface area (Å²) in [4.78, 5) is 14.2. The first-order valence-corrected chi connectivity index (χ1v) is 7.77. The highest BCUT2D eigenvalue weighted by atomic mass is 79.9. The fourth-order valence-corrected chi connectivity index (χ4v) is 2.58. The molecule has 1 saturated heterocycles. The lowest BCUT2D eigenvalue weighted by Gasteiger charge is -2.32. The first-order chi connectivity index (χ1) is 9.70.